The zero-order valence-corrected chi connectivity index (χ0v) is 11.0. The number of nitrogens with zero attached hydrogens (tertiary/aromatic N) is 1. The van der Waals surface area contributed by atoms with Crippen LogP contribution < -0.4 is 16.0 Å². The second kappa shape index (κ2) is 5.97. The van der Waals surface area contributed by atoms with Crippen molar-refractivity contribution < 1.29 is 9.13 Å². The number of hydrogen-bond donors (Lipinski definition) is 2. The maximum atomic E-state index is 13.4. The van der Waals surface area contributed by atoms with Crippen molar-refractivity contribution in [3.05, 3.63) is 58.5 Å². The van der Waals surface area contributed by atoms with Crippen molar-refractivity contribution in [2.75, 3.05) is 7.11 Å². The van der Waals surface area contributed by atoms with Gasteiger partial charge in [-0.3, -0.25) is 5.84 Å². The SMILES string of the molecule is COc1ncccc1C(NN)c1cc(F)ccc1Cl. The summed E-state index contributed by atoms with van der Waals surface area (Å²) in [5, 5.41) is 0.412. The number of benzene rings is 1. The molecule has 2 rings (SSSR count). The lowest BCUT2D eigenvalue weighted by atomic mass is 10.00. The molecule has 0 aliphatic heterocycles. The number of pyridine rings is 1. The maximum Gasteiger partial charge on any atom is 0.218 e. The molecule has 0 aliphatic rings. The number of hydrogen-bond acceptors (Lipinski definition) is 4. The number of rotatable bonds is 4. The Kier molecular flexibility index (Phi) is 4.31. The Labute approximate surface area is 115 Å². The largest absolute Gasteiger partial charge is 0.481 e. The van der Waals surface area contributed by atoms with E-state index in [2.05, 4.69) is 10.4 Å². The van der Waals surface area contributed by atoms with E-state index in [0.29, 0.717) is 22.0 Å². The molecule has 0 amide bonds. The van der Waals surface area contributed by atoms with Gasteiger partial charge in [0.15, 0.2) is 0 Å². The fourth-order valence-corrected chi connectivity index (χ4v) is 2.10. The van der Waals surface area contributed by atoms with E-state index in [9.17, 15) is 4.39 Å². The molecule has 0 saturated heterocycles. The summed E-state index contributed by atoms with van der Waals surface area (Å²) in [7, 11) is 1.51. The van der Waals surface area contributed by atoms with Gasteiger partial charge in [0.05, 0.1) is 13.2 Å². The Bertz CT molecular complexity index is 580. The molecule has 1 unspecified atom stereocenters. The van der Waals surface area contributed by atoms with Crippen molar-refractivity contribution >= 4 is 11.6 Å². The molecule has 3 N–H and O–H groups in total. The summed E-state index contributed by atoms with van der Waals surface area (Å²) in [5.74, 6) is 5.59. The molecule has 0 aliphatic carbocycles. The van der Waals surface area contributed by atoms with E-state index in [1.165, 1.54) is 25.3 Å². The topological polar surface area (TPSA) is 60.2 Å². The van der Waals surface area contributed by atoms with Crippen LogP contribution in [0.25, 0.3) is 0 Å². The van der Waals surface area contributed by atoms with Crippen molar-refractivity contribution in [2.24, 2.45) is 5.84 Å². The number of nitrogens with two attached hydrogens (primary N) is 1. The molecule has 1 aromatic carbocycles. The van der Waals surface area contributed by atoms with E-state index in [1.807, 2.05) is 0 Å². The average Bonchev–Trinajstić information content (AvgIpc) is 2.44. The summed E-state index contributed by atoms with van der Waals surface area (Å²) in [4.78, 5) is 4.09. The number of nitrogens with one attached hydrogen (secondary N) is 1. The molecule has 100 valence electrons. The zero-order valence-electron chi connectivity index (χ0n) is 10.2. The highest BCUT2D eigenvalue weighted by molar-refractivity contribution is 6.31. The van der Waals surface area contributed by atoms with Crippen LogP contribution in [-0.4, -0.2) is 12.1 Å². The molecule has 19 heavy (non-hydrogen) atoms. The van der Waals surface area contributed by atoms with E-state index >= 15 is 0 Å². The van der Waals surface area contributed by atoms with Crippen LogP contribution in [0.3, 0.4) is 0 Å². The number of methoxy groups -OCH3 is 1. The maximum absolute atomic E-state index is 13.4. The van der Waals surface area contributed by atoms with Crippen LogP contribution in [0.4, 0.5) is 4.39 Å². The van der Waals surface area contributed by atoms with E-state index in [1.54, 1.807) is 18.3 Å². The summed E-state index contributed by atoms with van der Waals surface area (Å²) >= 11 is 6.09. The van der Waals surface area contributed by atoms with Gasteiger partial charge in [0.25, 0.3) is 0 Å². The van der Waals surface area contributed by atoms with Gasteiger partial charge < -0.3 is 4.74 Å². The average molecular weight is 282 g/mol. The van der Waals surface area contributed by atoms with Crippen molar-refractivity contribution in [1.29, 1.82) is 0 Å². The zero-order chi connectivity index (χ0) is 13.8. The fraction of sp³-hybridized carbons (Fsp3) is 0.154. The van der Waals surface area contributed by atoms with Gasteiger partial charge in [0.1, 0.15) is 5.82 Å². The molecule has 2 aromatic rings. The van der Waals surface area contributed by atoms with Gasteiger partial charge in [-0.1, -0.05) is 17.7 Å². The minimum absolute atomic E-state index is 0.387. The molecule has 0 bridgehead atoms. The van der Waals surface area contributed by atoms with Crippen LogP contribution in [0.15, 0.2) is 36.5 Å². The first-order valence-electron chi connectivity index (χ1n) is 5.57. The highest BCUT2D eigenvalue weighted by Crippen LogP contribution is 2.32. The third kappa shape index (κ3) is 2.84. The van der Waals surface area contributed by atoms with Gasteiger partial charge in [-0.05, 0) is 29.8 Å². The predicted molar refractivity (Wildman–Crippen MR) is 71.4 cm³/mol. The summed E-state index contributed by atoms with van der Waals surface area (Å²) in [6.07, 6.45) is 1.60. The lowest BCUT2D eigenvalue weighted by molar-refractivity contribution is 0.387. The quantitative estimate of drug-likeness (QED) is 0.667. The fourth-order valence-electron chi connectivity index (χ4n) is 1.88. The first kappa shape index (κ1) is 13.7. The lowest BCUT2D eigenvalue weighted by Gasteiger charge is -2.19. The van der Waals surface area contributed by atoms with Gasteiger partial charge in [-0.2, -0.15) is 0 Å². The summed E-state index contributed by atoms with van der Waals surface area (Å²) in [6.45, 7) is 0. The molecule has 0 radical (unpaired) electrons. The van der Waals surface area contributed by atoms with Gasteiger partial charge >= 0.3 is 0 Å². The second-order valence-corrected chi connectivity index (χ2v) is 4.27. The standard InChI is InChI=1S/C13H13ClFN3O/c1-19-13-9(3-2-6-17-13)12(18-16)10-7-8(15)4-5-11(10)14/h2-7,12,18H,16H2,1H3. The molecule has 0 fully saturated rings. The first-order valence-corrected chi connectivity index (χ1v) is 5.95. The monoisotopic (exact) mass is 281 g/mol. The van der Waals surface area contributed by atoms with Gasteiger partial charge in [0.2, 0.25) is 5.88 Å². The van der Waals surface area contributed by atoms with Crippen LogP contribution in [0.1, 0.15) is 17.2 Å². The van der Waals surface area contributed by atoms with Crippen LogP contribution in [0.5, 0.6) is 5.88 Å². The van der Waals surface area contributed by atoms with E-state index in [0.717, 1.165) is 0 Å². The molecule has 1 atom stereocenters. The molecular formula is C13H13ClFN3O. The van der Waals surface area contributed by atoms with Crippen LogP contribution >= 0.6 is 11.6 Å². The molecule has 4 nitrogen and oxygen atoms in total. The molecule has 1 heterocycles. The Morgan fingerprint density at radius 1 is 1.37 bits per heavy atom. The van der Waals surface area contributed by atoms with Crippen LogP contribution in [-0.2, 0) is 0 Å². The predicted octanol–water partition coefficient (Wildman–Crippen LogP) is 2.44. The minimum atomic E-state index is -0.508. The highest BCUT2D eigenvalue weighted by Gasteiger charge is 2.20. The van der Waals surface area contributed by atoms with E-state index in [-0.39, 0.29) is 5.82 Å². The van der Waals surface area contributed by atoms with Gasteiger partial charge in [-0.15, -0.1) is 0 Å². The Morgan fingerprint density at radius 2 is 2.16 bits per heavy atom. The van der Waals surface area contributed by atoms with Crippen molar-refractivity contribution in [2.45, 2.75) is 6.04 Å². The third-order valence-corrected chi connectivity index (χ3v) is 3.08. The summed E-state index contributed by atoms with van der Waals surface area (Å²) < 4.78 is 18.5. The van der Waals surface area contributed by atoms with Crippen molar-refractivity contribution in [3.63, 3.8) is 0 Å². The number of aromatic nitrogens is 1. The lowest BCUT2D eigenvalue weighted by Crippen LogP contribution is -2.29. The Morgan fingerprint density at radius 3 is 2.84 bits per heavy atom. The van der Waals surface area contributed by atoms with Crippen molar-refractivity contribution in [3.8, 4) is 5.88 Å². The molecule has 0 spiro atoms. The van der Waals surface area contributed by atoms with Crippen molar-refractivity contribution in [1.82, 2.24) is 10.4 Å². The van der Waals surface area contributed by atoms with Gasteiger partial charge in [-0.25, -0.2) is 14.8 Å². The van der Waals surface area contributed by atoms with E-state index in [4.69, 9.17) is 22.2 Å². The third-order valence-electron chi connectivity index (χ3n) is 2.74. The highest BCUT2D eigenvalue weighted by atomic mass is 35.5. The summed E-state index contributed by atoms with van der Waals surface area (Å²) in [5.41, 5.74) is 3.81. The van der Waals surface area contributed by atoms with Gasteiger partial charge in [0, 0.05) is 16.8 Å². The smallest absolute Gasteiger partial charge is 0.218 e. The number of ether oxygens (including phenoxy) is 1. The molecule has 0 saturated carbocycles. The van der Waals surface area contributed by atoms with Crippen LogP contribution in [0.2, 0.25) is 5.02 Å². The summed E-state index contributed by atoms with van der Waals surface area (Å²) in [6, 6.07) is 7.14. The molecule has 6 heteroatoms. The molecule has 1 aromatic heterocycles. The number of halogens is 2. The van der Waals surface area contributed by atoms with E-state index < -0.39 is 6.04 Å². The second-order valence-electron chi connectivity index (χ2n) is 3.87. The Balaban J connectivity index is 2.53. The van der Waals surface area contributed by atoms with Crippen LogP contribution in [0, 0.1) is 5.82 Å². The minimum Gasteiger partial charge on any atom is -0.481 e. The normalized spacial score (nSPS) is 12.2. The molecular weight excluding hydrogens is 269 g/mol. The number of hydrazine groups is 1. The first-order chi connectivity index (χ1) is 9.17. The Hall–Kier alpha value is -1.69.